The van der Waals surface area contributed by atoms with Gasteiger partial charge in [-0.2, -0.15) is 0 Å². The number of sulfonamides is 1. The summed E-state index contributed by atoms with van der Waals surface area (Å²) in [6, 6.07) is 15.7. The summed E-state index contributed by atoms with van der Waals surface area (Å²) in [5.41, 5.74) is 1.43. The highest BCUT2D eigenvalue weighted by Gasteiger charge is 2.22. The minimum absolute atomic E-state index is 0.104. The van der Waals surface area contributed by atoms with Crippen molar-refractivity contribution >= 4 is 32.5 Å². The van der Waals surface area contributed by atoms with Crippen LogP contribution in [-0.2, 0) is 21.2 Å². The highest BCUT2D eigenvalue weighted by molar-refractivity contribution is 7.89. The van der Waals surface area contributed by atoms with Gasteiger partial charge in [-0.3, -0.25) is 9.78 Å². The third-order valence-corrected chi connectivity index (χ3v) is 5.69. The minimum Gasteiger partial charge on any atom is -0.326 e. The van der Waals surface area contributed by atoms with Gasteiger partial charge >= 0.3 is 0 Å². The molecule has 6 nitrogen and oxygen atoms in total. The van der Waals surface area contributed by atoms with E-state index in [0.29, 0.717) is 5.69 Å². The van der Waals surface area contributed by atoms with Crippen LogP contribution in [0.4, 0.5) is 5.69 Å². The van der Waals surface area contributed by atoms with Crippen LogP contribution in [0.1, 0.15) is 26.3 Å². The molecule has 0 aliphatic heterocycles. The highest BCUT2D eigenvalue weighted by Crippen LogP contribution is 2.19. The molecular weight excluding hydrogens is 374 g/mol. The van der Waals surface area contributed by atoms with Gasteiger partial charge in [-0.1, -0.05) is 30.3 Å². The lowest BCUT2D eigenvalue weighted by Gasteiger charge is -2.20. The number of aromatic nitrogens is 1. The zero-order valence-corrected chi connectivity index (χ0v) is 16.9. The zero-order valence-electron chi connectivity index (χ0n) is 16.1. The van der Waals surface area contributed by atoms with E-state index in [4.69, 9.17) is 0 Å². The lowest BCUT2D eigenvalue weighted by Crippen LogP contribution is -2.40. The molecule has 28 heavy (non-hydrogen) atoms. The van der Waals surface area contributed by atoms with E-state index in [9.17, 15) is 13.2 Å². The van der Waals surface area contributed by atoms with Crippen molar-refractivity contribution in [3.8, 4) is 0 Å². The lowest BCUT2D eigenvalue weighted by molar-refractivity contribution is -0.115. The third kappa shape index (κ3) is 4.94. The van der Waals surface area contributed by atoms with Gasteiger partial charge in [0.25, 0.3) is 0 Å². The number of rotatable bonds is 5. The number of carbonyl (C=O) groups excluding carboxylic acids is 1. The SMILES string of the molecule is CC(C)(C)NS(=O)(=O)c1cccc(NC(=O)Cc2cccc3cccnc23)c1. The molecule has 0 saturated carbocycles. The van der Waals surface area contributed by atoms with Crippen molar-refractivity contribution in [1.29, 1.82) is 0 Å². The van der Waals surface area contributed by atoms with Gasteiger partial charge in [0.2, 0.25) is 15.9 Å². The maximum absolute atomic E-state index is 12.5. The van der Waals surface area contributed by atoms with Crippen molar-refractivity contribution in [2.75, 3.05) is 5.32 Å². The summed E-state index contributed by atoms with van der Waals surface area (Å²) in [4.78, 5) is 17.0. The first kappa shape index (κ1) is 20.0. The van der Waals surface area contributed by atoms with Crippen molar-refractivity contribution < 1.29 is 13.2 Å². The second-order valence-corrected chi connectivity index (χ2v) is 9.28. The van der Waals surface area contributed by atoms with Crippen LogP contribution >= 0.6 is 0 Å². The quantitative estimate of drug-likeness (QED) is 0.690. The van der Waals surface area contributed by atoms with Gasteiger partial charge < -0.3 is 5.32 Å². The first-order valence-electron chi connectivity index (χ1n) is 8.91. The second-order valence-electron chi connectivity index (χ2n) is 7.60. The standard InChI is InChI=1S/C21H23N3O3S/c1-21(2,3)24-28(26,27)18-11-5-10-17(14-18)23-19(25)13-16-8-4-7-15-9-6-12-22-20(15)16/h4-12,14,24H,13H2,1-3H3,(H,23,25). The van der Waals surface area contributed by atoms with E-state index in [1.165, 1.54) is 12.1 Å². The fraction of sp³-hybridized carbons (Fsp3) is 0.238. The Hall–Kier alpha value is -2.77. The summed E-state index contributed by atoms with van der Waals surface area (Å²) in [7, 11) is -3.68. The van der Waals surface area contributed by atoms with Gasteiger partial charge in [0, 0.05) is 22.8 Å². The number of pyridine rings is 1. The fourth-order valence-corrected chi connectivity index (χ4v) is 4.36. The van der Waals surface area contributed by atoms with Crippen LogP contribution in [0, 0.1) is 0 Å². The van der Waals surface area contributed by atoms with Gasteiger partial charge in [0.05, 0.1) is 16.8 Å². The molecule has 2 N–H and O–H groups in total. The predicted octanol–water partition coefficient (Wildman–Crippen LogP) is 3.49. The number of nitrogens with zero attached hydrogens (tertiary/aromatic N) is 1. The van der Waals surface area contributed by atoms with E-state index in [1.807, 2.05) is 30.3 Å². The van der Waals surface area contributed by atoms with Crippen molar-refractivity contribution in [1.82, 2.24) is 9.71 Å². The lowest BCUT2D eigenvalue weighted by atomic mass is 10.1. The van der Waals surface area contributed by atoms with E-state index in [1.54, 1.807) is 39.1 Å². The van der Waals surface area contributed by atoms with Crippen LogP contribution in [0.2, 0.25) is 0 Å². The number of nitrogens with one attached hydrogen (secondary N) is 2. The molecule has 0 radical (unpaired) electrons. The van der Waals surface area contributed by atoms with Crippen LogP contribution in [0.5, 0.6) is 0 Å². The van der Waals surface area contributed by atoms with Crippen molar-refractivity contribution in [2.45, 2.75) is 37.6 Å². The smallest absolute Gasteiger partial charge is 0.241 e. The molecule has 0 aliphatic rings. The fourth-order valence-electron chi connectivity index (χ4n) is 2.89. The number of amides is 1. The largest absolute Gasteiger partial charge is 0.326 e. The van der Waals surface area contributed by atoms with Crippen LogP contribution < -0.4 is 10.0 Å². The maximum Gasteiger partial charge on any atom is 0.241 e. The van der Waals surface area contributed by atoms with Gasteiger partial charge in [0.15, 0.2) is 0 Å². The number of hydrogen-bond acceptors (Lipinski definition) is 4. The molecule has 7 heteroatoms. The average molecular weight is 398 g/mol. The molecule has 1 aromatic heterocycles. The van der Waals surface area contributed by atoms with E-state index < -0.39 is 15.6 Å². The summed E-state index contributed by atoms with van der Waals surface area (Å²) in [5, 5.41) is 3.74. The predicted molar refractivity (Wildman–Crippen MR) is 111 cm³/mol. The Morgan fingerprint density at radius 3 is 2.50 bits per heavy atom. The number of fused-ring (bicyclic) bond motifs is 1. The first-order chi connectivity index (χ1) is 13.1. The Morgan fingerprint density at radius 2 is 1.75 bits per heavy atom. The summed E-state index contributed by atoms with van der Waals surface area (Å²) >= 11 is 0. The number of carbonyl (C=O) groups is 1. The molecule has 146 valence electrons. The third-order valence-electron chi connectivity index (χ3n) is 3.94. The molecule has 1 amide bonds. The summed E-state index contributed by atoms with van der Waals surface area (Å²) in [6.45, 7) is 5.32. The van der Waals surface area contributed by atoms with E-state index in [-0.39, 0.29) is 17.2 Å². The minimum atomic E-state index is -3.68. The van der Waals surface area contributed by atoms with Gasteiger partial charge in [-0.05, 0) is 50.6 Å². The summed E-state index contributed by atoms with van der Waals surface area (Å²) < 4.78 is 27.6. The Labute approximate surface area is 165 Å². The van der Waals surface area contributed by atoms with Gasteiger partial charge in [-0.25, -0.2) is 13.1 Å². The molecule has 0 unspecified atom stereocenters. The van der Waals surface area contributed by atoms with Crippen molar-refractivity contribution in [3.63, 3.8) is 0 Å². The maximum atomic E-state index is 12.5. The number of anilines is 1. The zero-order chi connectivity index (χ0) is 20.4. The molecule has 0 spiro atoms. The highest BCUT2D eigenvalue weighted by atomic mass is 32.2. The molecule has 1 heterocycles. The van der Waals surface area contributed by atoms with Crippen LogP contribution in [-0.4, -0.2) is 24.8 Å². The molecule has 0 saturated heterocycles. The Morgan fingerprint density at radius 1 is 1.04 bits per heavy atom. The van der Waals surface area contributed by atoms with Crippen LogP contribution in [0.3, 0.4) is 0 Å². The first-order valence-corrected chi connectivity index (χ1v) is 10.4. The Kier molecular flexibility index (Phi) is 5.49. The van der Waals surface area contributed by atoms with Crippen molar-refractivity contribution in [2.24, 2.45) is 0 Å². The van der Waals surface area contributed by atoms with Gasteiger partial charge in [-0.15, -0.1) is 0 Å². The molecule has 3 rings (SSSR count). The molecule has 0 atom stereocenters. The van der Waals surface area contributed by atoms with E-state index >= 15 is 0 Å². The average Bonchev–Trinajstić information content (AvgIpc) is 2.60. The summed E-state index contributed by atoms with van der Waals surface area (Å²) in [6.07, 6.45) is 1.84. The Bertz CT molecular complexity index is 1110. The molecule has 0 fully saturated rings. The molecular formula is C21H23N3O3S. The monoisotopic (exact) mass is 397 g/mol. The molecule has 0 bridgehead atoms. The Balaban J connectivity index is 1.78. The number of benzene rings is 2. The van der Waals surface area contributed by atoms with Gasteiger partial charge in [0.1, 0.15) is 0 Å². The van der Waals surface area contributed by atoms with E-state index in [2.05, 4.69) is 15.0 Å². The second kappa shape index (κ2) is 7.69. The normalized spacial score (nSPS) is 12.1. The summed E-state index contributed by atoms with van der Waals surface area (Å²) in [5.74, 6) is -0.239. The number of hydrogen-bond donors (Lipinski definition) is 2. The van der Waals surface area contributed by atoms with Crippen molar-refractivity contribution in [3.05, 3.63) is 66.4 Å². The topological polar surface area (TPSA) is 88.2 Å². The molecule has 0 aliphatic carbocycles. The van der Waals surface area contributed by atoms with E-state index in [0.717, 1.165) is 16.5 Å². The number of para-hydroxylation sites is 1. The van der Waals surface area contributed by atoms with Crippen LogP contribution in [0.25, 0.3) is 10.9 Å². The molecule has 3 aromatic rings. The van der Waals surface area contributed by atoms with Crippen LogP contribution in [0.15, 0.2) is 65.7 Å². The molecule has 2 aromatic carbocycles.